The highest BCUT2D eigenvalue weighted by atomic mass is 14.9. The third-order valence-corrected chi connectivity index (χ3v) is 16.6. The van der Waals surface area contributed by atoms with Crippen molar-refractivity contribution >= 4 is 0 Å². The standard InChI is InChI=1S/3C19H24N.C15H18N/c1-14-8-4-7-11-17(14)19-12-18(15(2)13-20(19)3)16-9-5-6-10-16;2*1-14-8-4-7-11-17(14)19-12-15(2)18(13-20(19)3)16-9-5-6-10-16;1-11-9-13(3)16(4)15(10-11)14-8-6-5-7-12(14)2/h3*4,7-8,11-13,16H,5-6,9-10H2,1-3H3;5-10H,1-4H3/q4*+1/i2D3,16D;16D;;. The van der Waals surface area contributed by atoms with E-state index in [4.69, 9.17) is 6.85 Å². The van der Waals surface area contributed by atoms with E-state index in [-0.39, 0.29) is 5.89 Å². The van der Waals surface area contributed by atoms with Crippen molar-refractivity contribution in [2.45, 2.75) is 157 Å². The quantitative estimate of drug-likeness (QED) is 0.141. The molecule has 3 fully saturated rings. The molecule has 0 N–H and O–H groups in total. The van der Waals surface area contributed by atoms with Gasteiger partial charge in [0.1, 0.15) is 28.2 Å². The van der Waals surface area contributed by atoms with Crippen LogP contribution in [0.2, 0.25) is 0 Å². The average molecular weight is 1020 g/mol. The summed E-state index contributed by atoms with van der Waals surface area (Å²) in [5, 5.41) is 0. The molecule has 3 saturated carbocycles. The van der Waals surface area contributed by atoms with Crippen LogP contribution in [0, 0.1) is 62.2 Å². The lowest BCUT2D eigenvalue weighted by Crippen LogP contribution is -2.34. The smallest absolute Gasteiger partial charge is 0.201 e. The summed E-state index contributed by atoms with van der Waals surface area (Å²) in [5.41, 5.74) is 24.0. The summed E-state index contributed by atoms with van der Waals surface area (Å²) in [5.74, 6) is -0.367. The van der Waals surface area contributed by atoms with Crippen LogP contribution in [0.3, 0.4) is 0 Å². The third-order valence-electron chi connectivity index (χ3n) is 16.6. The van der Waals surface area contributed by atoms with Crippen molar-refractivity contribution in [2.24, 2.45) is 28.2 Å². The molecular weight excluding hydrogens is 921 g/mol. The van der Waals surface area contributed by atoms with E-state index >= 15 is 0 Å². The van der Waals surface area contributed by atoms with Crippen molar-refractivity contribution in [3.8, 4) is 45.0 Å². The van der Waals surface area contributed by atoms with Crippen LogP contribution in [0.15, 0.2) is 146 Å². The number of aryl methyl sites for hydroxylation is 12. The van der Waals surface area contributed by atoms with Gasteiger partial charge in [-0.1, -0.05) is 111 Å². The van der Waals surface area contributed by atoms with Crippen molar-refractivity contribution in [3.05, 3.63) is 213 Å². The number of aromatic nitrogens is 4. The molecular formula is C72H90N4+4. The first kappa shape index (κ1) is 49.1. The lowest BCUT2D eigenvalue weighted by molar-refractivity contribution is -0.666. The first-order valence-electron chi connectivity index (χ1n) is 30.8. The van der Waals surface area contributed by atoms with Crippen LogP contribution >= 0.6 is 0 Å². The molecule has 0 atom stereocenters. The molecule has 0 unspecified atom stereocenters. The van der Waals surface area contributed by atoms with Crippen LogP contribution in [0.5, 0.6) is 0 Å². The summed E-state index contributed by atoms with van der Waals surface area (Å²) in [6.45, 7) is 15.1. The van der Waals surface area contributed by atoms with E-state index in [1.165, 1.54) is 117 Å². The van der Waals surface area contributed by atoms with Gasteiger partial charge in [0, 0.05) is 83.1 Å². The van der Waals surface area contributed by atoms with Crippen LogP contribution in [-0.2, 0) is 28.2 Å². The molecule has 4 aromatic heterocycles. The highest BCUT2D eigenvalue weighted by molar-refractivity contribution is 5.64. The minimum Gasteiger partial charge on any atom is -0.201 e. The second-order valence-electron chi connectivity index (χ2n) is 22.4. The van der Waals surface area contributed by atoms with Crippen LogP contribution in [0.1, 0.15) is 169 Å². The molecule has 76 heavy (non-hydrogen) atoms. The number of hydrogen-bond donors (Lipinski definition) is 0. The molecule has 394 valence electrons. The Labute approximate surface area is 466 Å². The van der Waals surface area contributed by atoms with E-state index < -0.39 is 12.7 Å². The highest BCUT2D eigenvalue weighted by Crippen LogP contribution is 2.39. The molecule has 0 radical (unpaired) electrons. The largest absolute Gasteiger partial charge is 0.212 e. The summed E-state index contributed by atoms with van der Waals surface area (Å²) in [7, 11) is 8.28. The van der Waals surface area contributed by atoms with Crippen LogP contribution in [0.4, 0.5) is 0 Å². The number of nitrogens with zero attached hydrogens (tertiary/aromatic N) is 4. The number of benzene rings is 4. The van der Waals surface area contributed by atoms with Crippen molar-refractivity contribution in [3.63, 3.8) is 0 Å². The molecule has 0 aliphatic heterocycles. The summed E-state index contributed by atoms with van der Waals surface area (Å²) >= 11 is 0. The van der Waals surface area contributed by atoms with Gasteiger partial charge in [-0.05, 0) is 180 Å². The summed E-state index contributed by atoms with van der Waals surface area (Å²) in [6.07, 6.45) is 19.6. The van der Waals surface area contributed by atoms with Gasteiger partial charge in [-0.15, -0.1) is 0 Å². The van der Waals surface area contributed by atoms with Crippen molar-refractivity contribution in [2.75, 3.05) is 0 Å². The van der Waals surface area contributed by atoms with E-state index in [0.29, 0.717) is 11.1 Å². The van der Waals surface area contributed by atoms with Gasteiger partial charge in [-0.2, -0.15) is 4.57 Å². The first-order chi connectivity index (χ1) is 38.5. The highest BCUT2D eigenvalue weighted by Gasteiger charge is 2.27. The lowest BCUT2D eigenvalue weighted by Gasteiger charge is -2.14. The van der Waals surface area contributed by atoms with Crippen molar-refractivity contribution in [1.29, 1.82) is 0 Å². The second-order valence-corrected chi connectivity index (χ2v) is 22.4. The summed E-state index contributed by atoms with van der Waals surface area (Å²) < 4.78 is 50.0. The van der Waals surface area contributed by atoms with Gasteiger partial charge in [0.05, 0.1) is 0 Å². The Bertz CT molecular complexity index is 3500. The lowest BCUT2D eigenvalue weighted by atomic mass is 9.92. The average Bonchev–Trinajstić information content (AvgIpc) is 4.28. The van der Waals surface area contributed by atoms with Gasteiger partial charge in [0.25, 0.3) is 0 Å². The zero-order valence-electron chi connectivity index (χ0n) is 53.2. The molecule has 3 aliphatic carbocycles. The Morgan fingerprint density at radius 1 is 0.368 bits per heavy atom. The number of hydrogen-bond acceptors (Lipinski definition) is 0. The van der Waals surface area contributed by atoms with Gasteiger partial charge in [0.2, 0.25) is 22.8 Å². The first-order valence-corrected chi connectivity index (χ1v) is 28.3. The maximum atomic E-state index is 8.87. The fraction of sp³-hybridized carbons (Fsp3) is 0.389. The van der Waals surface area contributed by atoms with E-state index in [0.717, 1.165) is 61.3 Å². The maximum Gasteiger partial charge on any atom is 0.212 e. The Balaban J connectivity index is 0.000000143. The monoisotopic (exact) mass is 1020 g/mol. The third kappa shape index (κ3) is 13.2. The van der Waals surface area contributed by atoms with E-state index in [2.05, 4.69) is 212 Å². The van der Waals surface area contributed by atoms with Crippen LogP contribution < -0.4 is 18.3 Å². The van der Waals surface area contributed by atoms with E-state index in [9.17, 15) is 0 Å². The minimum absolute atomic E-state index is 0.319. The molecule has 4 heteroatoms. The maximum absolute atomic E-state index is 8.87. The molecule has 11 rings (SSSR count). The molecule has 0 saturated heterocycles. The molecule has 8 aromatic rings. The molecule has 4 heterocycles. The second kappa shape index (κ2) is 25.5. The zero-order valence-corrected chi connectivity index (χ0v) is 48.2. The fourth-order valence-corrected chi connectivity index (χ4v) is 12.1. The summed E-state index contributed by atoms with van der Waals surface area (Å²) in [4.78, 5) is 0. The van der Waals surface area contributed by atoms with Gasteiger partial charge in [0.15, 0.2) is 24.3 Å². The molecule has 0 spiro atoms. The predicted octanol–water partition coefficient (Wildman–Crippen LogP) is 16.5. The van der Waals surface area contributed by atoms with E-state index in [1.807, 2.05) is 29.8 Å². The van der Waals surface area contributed by atoms with Crippen LogP contribution in [0.25, 0.3) is 45.0 Å². The molecule has 0 bridgehead atoms. The zero-order chi connectivity index (χ0) is 58.4. The molecule has 4 aromatic carbocycles. The van der Waals surface area contributed by atoms with Crippen molar-refractivity contribution in [1.82, 2.24) is 0 Å². The normalized spacial score (nSPS) is 16.6. The summed E-state index contributed by atoms with van der Waals surface area (Å²) in [6, 6.07) is 44.8. The van der Waals surface area contributed by atoms with E-state index in [1.54, 1.807) is 11.8 Å². The minimum atomic E-state index is -2.20. The van der Waals surface area contributed by atoms with Gasteiger partial charge in [-0.25, -0.2) is 13.7 Å². The SMILES string of the molecule is Cc1cc(C)[n+](C)c(-c2ccccc2C)c1.Cc1ccccc1-c1cc(C)c(C2CCCC2)c[n+]1C.[2H]C([2H])([2H])c1c[n+](C)c(-c2ccccc2C)cc1C1([2H])CCCC1.[2H]C1(c2c[n+](C)c(-c3ccccc3C)cc2C)CCCC1. The van der Waals surface area contributed by atoms with Crippen LogP contribution in [-0.4, -0.2) is 0 Å². The number of pyridine rings is 4. The Kier molecular flexibility index (Phi) is 16.5. The van der Waals surface area contributed by atoms with Gasteiger partial charge >= 0.3 is 0 Å². The van der Waals surface area contributed by atoms with Gasteiger partial charge in [-0.3, -0.25) is 0 Å². The fourth-order valence-electron chi connectivity index (χ4n) is 12.1. The Morgan fingerprint density at radius 2 is 0.737 bits per heavy atom. The Hall–Kier alpha value is -6.52. The molecule has 0 amide bonds. The molecule has 4 nitrogen and oxygen atoms in total. The Morgan fingerprint density at radius 3 is 1.18 bits per heavy atom. The molecule has 3 aliphatic rings. The predicted molar refractivity (Wildman–Crippen MR) is 318 cm³/mol. The van der Waals surface area contributed by atoms with Gasteiger partial charge < -0.3 is 0 Å². The topological polar surface area (TPSA) is 15.5 Å². The van der Waals surface area contributed by atoms with Crippen molar-refractivity contribution < 1.29 is 25.1 Å². The number of rotatable bonds is 7.